The van der Waals surface area contributed by atoms with Gasteiger partial charge in [-0.05, 0) is 43.3 Å². The third kappa shape index (κ3) is 3.15. The zero-order valence-corrected chi connectivity index (χ0v) is 13.9. The molecule has 3 rings (SSSR count). The Hall–Kier alpha value is -3.08. The minimum absolute atomic E-state index is 0.173. The summed E-state index contributed by atoms with van der Waals surface area (Å²) in [6.07, 6.45) is 1.74. The predicted molar refractivity (Wildman–Crippen MR) is 94.3 cm³/mol. The van der Waals surface area contributed by atoms with Crippen molar-refractivity contribution in [2.75, 3.05) is 12.4 Å². The van der Waals surface area contributed by atoms with E-state index in [0.29, 0.717) is 11.5 Å². The highest BCUT2D eigenvalue weighted by Crippen LogP contribution is 2.24. The molecule has 0 fully saturated rings. The number of aromatic nitrogens is 2. The van der Waals surface area contributed by atoms with Crippen LogP contribution >= 0.6 is 0 Å². The number of aryl methyl sites for hydroxylation is 1. The van der Waals surface area contributed by atoms with Crippen LogP contribution < -0.4 is 10.1 Å². The van der Waals surface area contributed by atoms with Crippen molar-refractivity contribution in [3.63, 3.8) is 0 Å². The molecule has 1 heterocycles. The number of anilines is 1. The Morgan fingerprint density at radius 3 is 2.58 bits per heavy atom. The van der Waals surface area contributed by atoms with Gasteiger partial charge in [-0.1, -0.05) is 17.7 Å². The van der Waals surface area contributed by atoms with E-state index in [-0.39, 0.29) is 5.91 Å². The molecule has 0 aliphatic heterocycles. The first-order chi connectivity index (χ1) is 11.6. The molecule has 0 radical (unpaired) electrons. The van der Waals surface area contributed by atoms with Gasteiger partial charge >= 0.3 is 0 Å². The zero-order valence-electron chi connectivity index (χ0n) is 13.9. The van der Waals surface area contributed by atoms with Gasteiger partial charge < -0.3 is 9.30 Å². The zero-order chi connectivity index (χ0) is 17.1. The lowest BCUT2D eigenvalue weighted by molar-refractivity contribution is 0.102. The van der Waals surface area contributed by atoms with Gasteiger partial charge in [0.25, 0.3) is 5.91 Å². The van der Waals surface area contributed by atoms with E-state index in [1.54, 1.807) is 19.4 Å². The van der Waals surface area contributed by atoms with Gasteiger partial charge in [-0.15, -0.1) is 0 Å². The van der Waals surface area contributed by atoms with Crippen molar-refractivity contribution >= 4 is 11.9 Å². The van der Waals surface area contributed by atoms with E-state index in [9.17, 15) is 4.79 Å². The Bertz CT molecular complexity index is 867. The third-order valence-corrected chi connectivity index (χ3v) is 3.88. The van der Waals surface area contributed by atoms with Crippen LogP contribution in [-0.2, 0) is 7.05 Å². The van der Waals surface area contributed by atoms with Crippen molar-refractivity contribution in [1.82, 2.24) is 9.55 Å². The lowest BCUT2D eigenvalue weighted by atomic mass is 10.1. The van der Waals surface area contributed by atoms with E-state index < -0.39 is 0 Å². The maximum absolute atomic E-state index is 12.4. The van der Waals surface area contributed by atoms with Crippen LogP contribution in [0.5, 0.6) is 5.75 Å². The Morgan fingerprint density at radius 1 is 1.17 bits per heavy atom. The van der Waals surface area contributed by atoms with Gasteiger partial charge in [-0.25, -0.2) is 4.98 Å². The Labute approximate surface area is 140 Å². The number of benzene rings is 2. The molecule has 122 valence electrons. The fraction of sp³-hybridized carbons (Fsp3) is 0.158. The number of amides is 1. The number of rotatable bonds is 4. The first kappa shape index (κ1) is 15.8. The lowest BCUT2D eigenvalue weighted by Crippen LogP contribution is -2.15. The molecule has 0 aliphatic rings. The molecule has 1 aromatic heterocycles. The maximum Gasteiger partial charge on any atom is 0.257 e. The lowest BCUT2D eigenvalue weighted by Gasteiger charge is -2.08. The Balaban J connectivity index is 1.83. The van der Waals surface area contributed by atoms with E-state index >= 15 is 0 Å². The second-order valence-electron chi connectivity index (χ2n) is 5.58. The molecule has 24 heavy (non-hydrogen) atoms. The average molecular weight is 321 g/mol. The number of carbonyl (C=O) groups is 1. The van der Waals surface area contributed by atoms with Crippen molar-refractivity contribution in [2.24, 2.45) is 7.05 Å². The molecular weight excluding hydrogens is 302 g/mol. The van der Waals surface area contributed by atoms with Crippen LogP contribution in [0.15, 0.2) is 54.7 Å². The number of imidazole rings is 1. The van der Waals surface area contributed by atoms with E-state index in [4.69, 9.17) is 4.74 Å². The molecule has 0 bridgehead atoms. The fourth-order valence-corrected chi connectivity index (χ4v) is 2.52. The van der Waals surface area contributed by atoms with Gasteiger partial charge in [0.05, 0.1) is 19.0 Å². The first-order valence-corrected chi connectivity index (χ1v) is 7.62. The summed E-state index contributed by atoms with van der Waals surface area (Å²) in [5.41, 5.74) is 3.57. The van der Waals surface area contributed by atoms with Gasteiger partial charge in [-0.2, -0.15) is 0 Å². The van der Waals surface area contributed by atoms with E-state index in [1.165, 1.54) is 0 Å². The molecule has 1 amide bonds. The van der Waals surface area contributed by atoms with Crippen molar-refractivity contribution in [3.05, 3.63) is 65.9 Å². The van der Waals surface area contributed by atoms with Crippen LogP contribution in [0.4, 0.5) is 5.95 Å². The minimum atomic E-state index is -0.173. The standard InChI is InChI=1S/C19H19N3O2/c1-13-5-4-6-15(11-13)18(23)21-19-20-12-17(22(19)2)14-7-9-16(24-3)10-8-14/h4-12H,1-3H3,(H,20,21,23). The summed E-state index contributed by atoms with van der Waals surface area (Å²) in [5, 5.41) is 2.85. The van der Waals surface area contributed by atoms with Crippen LogP contribution in [-0.4, -0.2) is 22.6 Å². The molecule has 0 saturated heterocycles. The Morgan fingerprint density at radius 2 is 1.92 bits per heavy atom. The Kier molecular flexibility index (Phi) is 4.33. The normalized spacial score (nSPS) is 10.5. The van der Waals surface area contributed by atoms with Gasteiger partial charge in [0, 0.05) is 18.2 Å². The number of nitrogens with zero attached hydrogens (tertiary/aromatic N) is 2. The van der Waals surface area contributed by atoms with E-state index in [2.05, 4.69) is 10.3 Å². The second kappa shape index (κ2) is 6.58. The van der Waals surface area contributed by atoms with Crippen LogP contribution in [0.3, 0.4) is 0 Å². The molecule has 0 atom stereocenters. The van der Waals surface area contributed by atoms with Crippen molar-refractivity contribution in [1.29, 1.82) is 0 Å². The summed E-state index contributed by atoms with van der Waals surface area (Å²) in [5.74, 6) is 1.13. The predicted octanol–water partition coefficient (Wildman–Crippen LogP) is 3.66. The van der Waals surface area contributed by atoms with E-state index in [0.717, 1.165) is 22.6 Å². The van der Waals surface area contributed by atoms with Gasteiger partial charge in [0.15, 0.2) is 0 Å². The van der Waals surface area contributed by atoms with Crippen LogP contribution in [0.1, 0.15) is 15.9 Å². The van der Waals surface area contributed by atoms with Crippen LogP contribution in [0.25, 0.3) is 11.3 Å². The molecule has 0 saturated carbocycles. The quantitative estimate of drug-likeness (QED) is 0.798. The highest BCUT2D eigenvalue weighted by Gasteiger charge is 2.12. The summed E-state index contributed by atoms with van der Waals surface area (Å²) >= 11 is 0. The number of carbonyl (C=O) groups excluding carboxylic acids is 1. The molecular formula is C19H19N3O2. The molecule has 1 N–H and O–H groups in total. The summed E-state index contributed by atoms with van der Waals surface area (Å²) in [6.45, 7) is 1.96. The van der Waals surface area contributed by atoms with E-state index in [1.807, 2.05) is 61.0 Å². The highest BCUT2D eigenvalue weighted by molar-refractivity contribution is 6.03. The number of methoxy groups -OCH3 is 1. The number of hydrogen-bond acceptors (Lipinski definition) is 3. The van der Waals surface area contributed by atoms with Gasteiger partial charge in [0.2, 0.25) is 5.95 Å². The van der Waals surface area contributed by atoms with Crippen LogP contribution in [0.2, 0.25) is 0 Å². The third-order valence-electron chi connectivity index (χ3n) is 3.88. The average Bonchev–Trinajstić information content (AvgIpc) is 2.95. The molecule has 5 heteroatoms. The SMILES string of the molecule is COc1ccc(-c2cnc(NC(=O)c3cccc(C)c3)n2C)cc1. The minimum Gasteiger partial charge on any atom is -0.497 e. The summed E-state index contributed by atoms with van der Waals surface area (Å²) < 4.78 is 7.03. The second-order valence-corrected chi connectivity index (χ2v) is 5.58. The molecule has 5 nitrogen and oxygen atoms in total. The smallest absolute Gasteiger partial charge is 0.257 e. The number of hydrogen-bond donors (Lipinski definition) is 1. The maximum atomic E-state index is 12.4. The molecule has 0 aliphatic carbocycles. The molecule has 2 aromatic carbocycles. The molecule has 0 spiro atoms. The number of nitrogens with one attached hydrogen (secondary N) is 1. The first-order valence-electron chi connectivity index (χ1n) is 7.62. The van der Waals surface area contributed by atoms with Gasteiger partial charge in [-0.3, -0.25) is 10.1 Å². The van der Waals surface area contributed by atoms with Crippen molar-refractivity contribution in [3.8, 4) is 17.0 Å². The van der Waals surface area contributed by atoms with Gasteiger partial charge in [0.1, 0.15) is 5.75 Å². The number of ether oxygens (including phenoxy) is 1. The topological polar surface area (TPSA) is 56.1 Å². The highest BCUT2D eigenvalue weighted by atomic mass is 16.5. The van der Waals surface area contributed by atoms with Crippen molar-refractivity contribution in [2.45, 2.75) is 6.92 Å². The summed E-state index contributed by atoms with van der Waals surface area (Å²) in [7, 11) is 3.51. The molecule has 0 unspecified atom stereocenters. The van der Waals surface area contributed by atoms with Crippen molar-refractivity contribution < 1.29 is 9.53 Å². The summed E-state index contributed by atoms with van der Waals surface area (Å²) in [4.78, 5) is 16.7. The van der Waals surface area contributed by atoms with Crippen LogP contribution in [0, 0.1) is 6.92 Å². The summed E-state index contributed by atoms with van der Waals surface area (Å²) in [6, 6.07) is 15.2. The molecule has 3 aromatic rings. The fourth-order valence-electron chi connectivity index (χ4n) is 2.52. The largest absolute Gasteiger partial charge is 0.497 e. The monoisotopic (exact) mass is 321 g/mol.